The number of halogens is 2. The van der Waals surface area contributed by atoms with Gasteiger partial charge in [0.2, 0.25) is 0 Å². The zero-order valence-corrected chi connectivity index (χ0v) is 15.8. The van der Waals surface area contributed by atoms with Crippen molar-refractivity contribution in [2.45, 2.75) is 26.2 Å². The van der Waals surface area contributed by atoms with E-state index in [4.69, 9.17) is 0 Å². The molecule has 0 saturated carbocycles. The van der Waals surface area contributed by atoms with Crippen LogP contribution < -0.4 is 5.32 Å². The molecule has 21 heavy (non-hydrogen) atoms. The van der Waals surface area contributed by atoms with Crippen molar-refractivity contribution in [3.05, 3.63) is 50.2 Å². The number of aryl methyl sites for hydroxylation is 2. The molecule has 1 unspecified atom stereocenters. The summed E-state index contributed by atoms with van der Waals surface area (Å²) < 4.78 is 4.24. The van der Waals surface area contributed by atoms with Crippen molar-refractivity contribution in [3.8, 4) is 0 Å². The normalized spacial score (nSPS) is 12.6. The zero-order chi connectivity index (χ0) is 15.4. The minimum Gasteiger partial charge on any atom is -0.316 e. The lowest BCUT2D eigenvalue weighted by Crippen LogP contribution is -2.23. The Morgan fingerprint density at radius 1 is 1.33 bits per heavy atom. The van der Waals surface area contributed by atoms with E-state index in [-0.39, 0.29) is 0 Å². The minimum absolute atomic E-state index is 0.425. The molecule has 0 bridgehead atoms. The summed E-state index contributed by atoms with van der Waals surface area (Å²) in [5.41, 5.74) is 3.63. The largest absolute Gasteiger partial charge is 0.316 e. The SMILES string of the molecule is CCNCC(Cc1c(Br)c(C)nn1C)c1cccc(Br)c1. The van der Waals surface area contributed by atoms with E-state index >= 15 is 0 Å². The van der Waals surface area contributed by atoms with Crippen LogP contribution in [0.15, 0.2) is 33.2 Å². The third kappa shape index (κ3) is 4.18. The molecule has 1 atom stereocenters. The number of likely N-dealkylation sites (N-methyl/N-ethyl adjacent to an activating group) is 1. The maximum Gasteiger partial charge on any atom is 0.0738 e. The minimum atomic E-state index is 0.425. The van der Waals surface area contributed by atoms with E-state index in [0.717, 1.165) is 34.1 Å². The second-order valence-corrected chi connectivity index (χ2v) is 6.94. The molecule has 0 amide bonds. The summed E-state index contributed by atoms with van der Waals surface area (Å²) in [5.74, 6) is 0.425. The Balaban J connectivity index is 2.28. The van der Waals surface area contributed by atoms with Crippen molar-refractivity contribution in [1.82, 2.24) is 15.1 Å². The van der Waals surface area contributed by atoms with Crippen LogP contribution in [0.3, 0.4) is 0 Å². The summed E-state index contributed by atoms with van der Waals surface area (Å²) in [5, 5.41) is 7.97. The number of aromatic nitrogens is 2. The van der Waals surface area contributed by atoms with Crippen LogP contribution in [0, 0.1) is 6.92 Å². The fraction of sp³-hybridized carbons (Fsp3) is 0.438. The van der Waals surface area contributed by atoms with Gasteiger partial charge in [-0.15, -0.1) is 0 Å². The van der Waals surface area contributed by atoms with Gasteiger partial charge in [0.15, 0.2) is 0 Å². The van der Waals surface area contributed by atoms with Crippen LogP contribution in [0.25, 0.3) is 0 Å². The molecule has 1 heterocycles. The summed E-state index contributed by atoms with van der Waals surface area (Å²) in [6.07, 6.45) is 0.960. The molecule has 0 aliphatic rings. The molecule has 0 saturated heterocycles. The molecule has 0 fully saturated rings. The first-order valence-corrected chi connectivity index (χ1v) is 8.75. The lowest BCUT2D eigenvalue weighted by atomic mass is 9.94. The topological polar surface area (TPSA) is 29.9 Å². The molecule has 1 aromatic carbocycles. The summed E-state index contributed by atoms with van der Waals surface area (Å²) in [4.78, 5) is 0. The van der Waals surface area contributed by atoms with Gasteiger partial charge in [-0.2, -0.15) is 5.10 Å². The average molecular weight is 415 g/mol. The van der Waals surface area contributed by atoms with E-state index in [9.17, 15) is 0 Å². The molecule has 3 nitrogen and oxygen atoms in total. The fourth-order valence-corrected chi connectivity index (χ4v) is 3.44. The molecule has 2 rings (SSSR count). The predicted octanol–water partition coefficient (Wildman–Crippen LogP) is 4.19. The van der Waals surface area contributed by atoms with Crippen LogP contribution >= 0.6 is 31.9 Å². The Labute approximate surface area is 143 Å². The Kier molecular flexibility index (Phi) is 6.02. The van der Waals surface area contributed by atoms with Crippen molar-refractivity contribution in [2.24, 2.45) is 7.05 Å². The van der Waals surface area contributed by atoms with Crippen LogP contribution in [0.2, 0.25) is 0 Å². The molecule has 1 N–H and O–H groups in total. The second-order valence-electron chi connectivity index (χ2n) is 5.23. The first kappa shape index (κ1) is 16.7. The Morgan fingerprint density at radius 2 is 2.10 bits per heavy atom. The van der Waals surface area contributed by atoms with E-state index in [1.54, 1.807) is 0 Å². The van der Waals surface area contributed by atoms with Gasteiger partial charge in [0.25, 0.3) is 0 Å². The van der Waals surface area contributed by atoms with Crippen molar-refractivity contribution in [2.75, 3.05) is 13.1 Å². The highest BCUT2D eigenvalue weighted by molar-refractivity contribution is 9.10. The molecule has 0 aliphatic carbocycles. The van der Waals surface area contributed by atoms with E-state index < -0.39 is 0 Å². The first-order chi connectivity index (χ1) is 10.0. The average Bonchev–Trinajstić information content (AvgIpc) is 2.69. The lowest BCUT2D eigenvalue weighted by molar-refractivity contribution is 0.569. The van der Waals surface area contributed by atoms with E-state index in [1.807, 2.05) is 18.7 Å². The number of benzene rings is 1. The van der Waals surface area contributed by atoms with Crippen LogP contribution in [0.1, 0.15) is 29.8 Å². The van der Waals surface area contributed by atoms with Crippen molar-refractivity contribution >= 4 is 31.9 Å². The highest BCUT2D eigenvalue weighted by atomic mass is 79.9. The van der Waals surface area contributed by atoms with Gasteiger partial charge in [0.1, 0.15) is 0 Å². The second kappa shape index (κ2) is 7.56. The van der Waals surface area contributed by atoms with Gasteiger partial charge in [-0.25, -0.2) is 0 Å². The van der Waals surface area contributed by atoms with Gasteiger partial charge < -0.3 is 5.32 Å². The third-order valence-electron chi connectivity index (χ3n) is 3.66. The maximum absolute atomic E-state index is 4.50. The number of nitrogens with one attached hydrogen (secondary N) is 1. The quantitative estimate of drug-likeness (QED) is 0.767. The van der Waals surface area contributed by atoms with Gasteiger partial charge in [-0.05, 0) is 53.5 Å². The fourth-order valence-electron chi connectivity index (χ4n) is 2.52. The number of rotatable bonds is 6. The van der Waals surface area contributed by atoms with E-state index in [0.29, 0.717) is 5.92 Å². The number of nitrogens with zero attached hydrogens (tertiary/aromatic N) is 2. The van der Waals surface area contributed by atoms with Crippen LogP contribution in [0.4, 0.5) is 0 Å². The highest BCUT2D eigenvalue weighted by Gasteiger charge is 2.18. The van der Waals surface area contributed by atoms with E-state index in [2.05, 4.69) is 73.5 Å². The standard InChI is InChI=1S/C16H21Br2N3/c1-4-19-10-13(12-6-5-7-14(17)8-12)9-15-16(18)11(2)20-21(15)3/h5-8,13,19H,4,9-10H2,1-3H3. The Bertz CT molecular complexity index is 608. The molecular weight excluding hydrogens is 394 g/mol. The molecule has 0 spiro atoms. The molecule has 2 aromatic rings. The maximum atomic E-state index is 4.50. The van der Waals surface area contributed by atoms with E-state index in [1.165, 1.54) is 11.3 Å². The monoisotopic (exact) mass is 413 g/mol. The summed E-state index contributed by atoms with van der Waals surface area (Å²) in [7, 11) is 2.01. The summed E-state index contributed by atoms with van der Waals surface area (Å²) in [6, 6.07) is 8.57. The molecule has 0 radical (unpaired) electrons. The Morgan fingerprint density at radius 3 is 2.67 bits per heavy atom. The van der Waals surface area contributed by atoms with Crippen molar-refractivity contribution < 1.29 is 0 Å². The van der Waals surface area contributed by atoms with Crippen molar-refractivity contribution in [3.63, 3.8) is 0 Å². The highest BCUT2D eigenvalue weighted by Crippen LogP contribution is 2.28. The Hall–Kier alpha value is -0.650. The van der Waals surface area contributed by atoms with Crippen LogP contribution in [-0.4, -0.2) is 22.9 Å². The molecule has 0 aliphatic heterocycles. The molecule has 1 aromatic heterocycles. The summed E-state index contributed by atoms with van der Waals surface area (Å²) >= 11 is 7.24. The molecular formula is C16H21Br2N3. The van der Waals surface area contributed by atoms with Gasteiger partial charge >= 0.3 is 0 Å². The van der Waals surface area contributed by atoms with Gasteiger partial charge in [0, 0.05) is 24.0 Å². The number of hydrogen-bond acceptors (Lipinski definition) is 2. The predicted molar refractivity (Wildman–Crippen MR) is 94.8 cm³/mol. The lowest BCUT2D eigenvalue weighted by Gasteiger charge is -2.18. The van der Waals surface area contributed by atoms with Gasteiger partial charge in [0.05, 0.1) is 15.9 Å². The smallest absolute Gasteiger partial charge is 0.0738 e. The first-order valence-electron chi connectivity index (χ1n) is 7.17. The van der Waals surface area contributed by atoms with Gasteiger partial charge in [-0.3, -0.25) is 4.68 Å². The third-order valence-corrected chi connectivity index (χ3v) is 5.19. The molecule has 114 valence electrons. The van der Waals surface area contributed by atoms with Crippen LogP contribution in [0.5, 0.6) is 0 Å². The van der Waals surface area contributed by atoms with Crippen molar-refractivity contribution in [1.29, 1.82) is 0 Å². The number of hydrogen-bond donors (Lipinski definition) is 1. The zero-order valence-electron chi connectivity index (χ0n) is 12.7. The van der Waals surface area contributed by atoms with Gasteiger partial charge in [-0.1, -0.05) is 35.0 Å². The molecule has 5 heteroatoms. The summed E-state index contributed by atoms with van der Waals surface area (Å²) in [6.45, 7) is 6.12. The van der Waals surface area contributed by atoms with Crippen LogP contribution in [-0.2, 0) is 13.5 Å².